The van der Waals surface area contributed by atoms with Gasteiger partial charge >= 0.3 is 0 Å². The first-order valence-electron chi connectivity index (χ1n) is 6.80. The smallest absolute Gasteiger partial charge is 0.133 e. The van der Waals surface area contributed by atoms with Gasteiger partial charge in [-0.1, -0.05) is 25.2 Å². The lowest BCUT2D eigenvalue weighted by molar-refractivity contribution is 0.118. The molecule has 2 N–H and O–H groups in total. The van der Waals surface area contributed by atoms with E-state index in [0.29, 0.717) is 18.2 Å². The van der Waals surface area contributed by atoms with Crippen LogP contribution in [0.25, 0.3) is 0 Å². The van der Waals surface area contributed by atoms with Crippen molar-refractivity contribution in [1.29, 1.82) is 0 Å². The molecule has 0 aromatic heterocycles. The van der Waals surface area contributed by atoms with Crippen molar-refractivity contribution >= 4 is 17.2 Å². The summed E-state index contributed by atoms with van der Waals surface area (Å²) in [5.41, 5.74) is 6.86. The maximum atomic E-state index is 13.6. The normalized spacial score (nSPS) is 12.7. The molecule has 0 amide bonds. The Morgan fingerprint density at radius 1 is 1.50 bits per heavy atom. The number of hydrogen-bond donors (Lipinski definition) is 1. The van der Waals surface area contributed by atoms with Gasteiger partial charge in [0, 0.05) is 31.8 Å². The van der Waals surface area contributed by atoms with E-state index in [1.807, 2.05) is 0 Å². The highest BCUT2D eigenvalue weighted by molar-refractivity contribution is 7.80. The maximum Gasteiger partial charge on any atom is 0.133 e. The third-order valence-electron chi connectivity index (χ3n) is 3.48. The van der Waals surface area contributed by atoms with Gasteiger partial charge in [0.1, 0.15) is 10.8 Å². The van der Waals surface area contributed by atoms with E-state index in [1.165, 1.54) is 6.07 Å². The zero-order chi connectivity index (χ0) is 15.1. The summed E-state index contributed by atoms with van der Waals surface area (Å²) in [7, 11) is 1.69. The van der Waals surface area contributed by atoms with Crippen LogP contribution in [0.2, 0.25) is 0 Å². The third kappa shape index (κ3) is 4.81. The van der Waals surface area contributed by atoms with Crippen LogP contribution < -0.4 is 5.73 Å². The monoisotopic (exact) mass is 298 g/mol. The molecule has 1 aromatic rings. The maximum absolute atomic E-state index is 13.6. The van der Waals surface area contributed by atoms with E-state index < -0.39 is 0 Å². The lowest BCUT2D eigenvalue weighted by Gasteiger charge is -2.28. The minimum absolute atomic E-state index is 0.0938. The Balaban J connectivity index is 2.87. The van der Waals surface area contributed by atoms with Crippen molar-refractivity contribution in [2.24, 2.45) is 5.73 Å². The molecule has 0 heterocycles. The number of rotatable bonds is 8. The fraction of sp³-hybridized carbons (Fsp3) is 0.533. The van der Waals surface area contributed by atoms with E-state index in [1.54, 1.807) is 19.2 Å². The van der Waals surface area contributed by atoms with Crippen LogP contribution in [-0.4, -0.2) is 36.2 Å². The molecule has 0 saturated heterocycles. The van der Waals surface area contributed by atoms with Gasteiger partial charge in [-0.2, -0.15) is 0 Å². The third-order valence-corrected chi connectivity index (χ3v) is 3.70. The van der Waals surface area contributed by atoms with Crippen LogP contribution in [0, 0.1) is 5.82 Å². The van der Waals surface area contributed by atoms with Crippen LogP contribution in [0.3, 0.4) is 0 Å². The van der Waals surface area contributed by atoms with E-state index in [4.69, 9.17) is 22.7 Å². The minimum atomic E-state index is -0.367. The van der Waals surface area contributed by atoms with Crippen molar-refractivity contribution in [1.82, 2.24) is 4.90 Å². The first kappa shape index (κ1) is 17.0. The van der Waals surface area contributed by atoms with Gasteiger partial charge in [-0.3, -0.25) is 4.90 Å². The van der Waals surface area contributed by atoms with Crippen molar-refractivity contribution in [2.45, 2.75) is 32.9 Å². The quantitative estimate of drug-likeness (QED) is 0.749. The molecule has 0 saturated carbocycles. The molecule has 0 fully saturated rings. The molecular formula is C15H23FN2OS. The number of hydrogen-bond acceptors (Lipinski definition) is 3. The van der Waals surface area contributed by atoms with E-state index >= 15 is 0 Å². The highest BCUT2D eigenvalue weighted by Gasteiger charge is 2.14. The largest absolute Gasteiger partial charge is 0.389 e. The Morgan fingerprint density at radius 3 is 2.75 bits per heavy atom. The molecule has 0 spiro atoms. The van der Waals surface area contributed by atoms with Crippen LogP contribution in [0.1, 0.15) is 31.4 Å². The number of benzene rings is 1. The highest BCUT2D eigenvalue weighted by atomic mass is 32.1. The first-order chi connectivity index (χ1) is 9.49. The molecular weight excluding hydrogens is 275 g/mol. The van der Waals surface area contributed by atoms with Crippen LogP contribution in [0.4, 0.5) is 4.39 Å². The summed E-state index contributed by atoms with van der Waals surface area (Å²) in [5.74, 6) is -0.367. The molecule has 0 aliphatic heterocycles. The molecule has 0 aliphatic rings. The molecule has 1 atom stereocenters. The van der Waals surface area contributed by atoms with Crippen molar-refractivity contribution in [2.75, 3.05) is 20.3 Å². The lowest BCUT2D eigenvalue weighted by atomic mass is 10.1. The van der Waals surface area contributed by atoms with E-state index in [0.717, 1.165) is 25.1 Å². The summed E-state index contributed by atoms with van der Waals surface area (Å²) in [6.45, 7) is 6.57. The van der Waals surface area contributed by atoms with Gasteiger partial charge in [0.05, 0.1) is 6.61 Å². The van der Waals surface area contributed by atoms with Gasteiger partial charge in [0.2, 0.25) is 0 Å². The number of thiocarbonyl (C=S) groups is 1. The number of ether oxygens (including phenoxy) is 1. The second kappa shape index (κ2) is 8.29. The Bertz CT molecular complexity index is 453. The lowest BCUT2D eigenvalue weighted by Crippen LogP contribution is -2.35. The van der Waals surface area contributed by atoms with Crippen LogP contribution >= 0.6 is 12.2 Å². The summed E-state index contributed by atoms with van der Waals surface area (Å²) >= 11 is 4.87. The van der Waals surface area contributed by atoms with Gasteiger partial charge in [0.25, 0.3) is 0 Å². The predicted octanol–water partition coefficient (Wildman–Crippen LogP) is 2.71. The van der Waals surface area contributed by atoms with Crippen LogP contribution in [0.5, 0.6) is 0 Å². The molecule has 0 radical (unpaired) electrons. The molecule has 0 bridgehead atoms. The van der Waals surface area contributed by atoms with Gasteiger partial charge in [-0.05, 0) is 31.0 Å². The molecule has 20 heavy (non-hydrogen) atoms. The standard InChI is InChI=1S/C15H23FN2OS/c1-4-11(2)18(7-8-19-3)10-12-5-6-14(16)13(9-12)15(17)20/h5-6,9,11H,4,7-8,10H2,1-3H3,(H2,17,20). The summed E-state index contributed by atoms with van der Waals surface area (Å²) in [6.07, 6.45) is 1.05. The molecule has 3 nitrogen and oxygen atoms in total. The predicted molar refractivity (Wildman–Crippen MR) is 84.3 cm³/mol. The SMILES string of the molecule is CCC(C)N(CCOC)Cc1ccc(F)c(C(N)=S)c1. The first-order valence-corrected chi connectivity index (χ1v) is 7.21. The van der Waals surface area contributed by atoms with Crippen molar-refractivity contribution < 1.29 is 9.13 Å². The Kier molecular flexibility index (Phi) is 7.05. The second-order valence-corrected chi connectivity index (χ2v) is 5.34. The van der Waals surface area contributed by atoms with Gasteiger partial charge in [-0.15, -0.1) is 0 Å². The fourth-order valence-electron chi connectivity index (χ4n) is 2.02. The summed E-state index contributed by atoms with van der Waals surface area (Å²) in [4.78, 5) is 2.40. The van der Waals surface area contributed by atoms with Crippen molar-refractivity contribution in [3.05, 3.63) is 35.1 Å². The molecule has 1 rings (SSSR count). The zero-order valence-electron chi connectivity index (χ0n) is 12.4. The van der Waals surface area contributed by atoms with E-state index in [2.05, 4.69) is 18.7 Å². The summed E-state index contributed by atoms with van der Waals surface area (Å²) in [6, 6.07) is 5.37. The van der Waals surface area contributed by atoms with E-state index in [-0.39, 0.29) is 10.8 Å². The van der Waals surface area contributed by atoms with Crippen molar-refractivity contribution in [3.63, 3.8) is 0 Å². The highest BCUT2D eigenvalue weighted by Crippen LogP contribution is 2.15. The number of nitrogens with two attached hydrogens (primary N) is 1. The topological polar surface area (TPSA) is 38.5 Å². The Morgan fingerprint density at radius 2 is 2.20 bits per heavy atom. The summed E-state index contributed by atoms with van der Waals surface area (Å²) < 4.78 is 18.7. The second-order valence-electron chi connectivity index (χ2n) is 4.90. The molecule has 0 aliphatic carbocycles. The van der Waals surface area contributed by atoms with E-state index in [9.17, 15) is 4.39 Å². The molecule has 112 valence electrons. The number of halogens is 1. The van der Waals surface area contributed by atoms with Gasteiger partial charge in [-0.25, -0.2) is 4.39 Å². The Hall–Kier alpha value is -1.04. The average molecular weight is 298 g/mol. The van der Waals surface area contributed by atoms with Crippen LogP contribution in [0.15, 0.2) is 18.2 Å². The van der Waals surface area contributed by atoms with Crippen LogP contribution in [-0.2, 0) is 11.3 Å². The van der Waals surface area contributed by atoms with Gasteiger partial charge in [0.15, 0.2) is 0 Å². The minimum Gasteiger partial charge on any atom is -0.389 e. The Labute approximate surface area is 125 Å². The van der Waals surface area contributed by atoms with Crippen molar-refractivity contribution in [3.8, 4) is 0 Å². The molecule has 1 unspecified atom stereocenters. The zero-order valence-corrected chi connectivity index (χ0v) is 13.2. The van der Waals surface area contributed by atoms with Gasteiger partial charge < -0.3 is 10.5 Å². The molecule has 1 aromatic carbocycles. The summed E-state index contributed by atoms with van der Waals surface area (Å²) in [5, 5.41) is 0. The molecule has 5 heteroatoms. The number of methoxy groups -OCH3 is 1. The average Bonchev–Trinajstić information content (AvgIpc) is 2.43. The fourth-order valence-corrected chi connectivity index (χ4v) is 2.17. The number of nitrogens with zero attached hydrogens (tertiary/aromatic N) is 1.